The maximum atomic E-state index is 12.9. The molecule has 1 aliphatic rings. The number of rotatable bonds is 8. The van der Waals surface area contributed by atoms with E-state index in [9.17, 15) is 18.0 Å². The molecule has 5 rings (SSSR count). The van der Waals surface area contributed by atoms with Crippen molar-refractivity contribution in [2.45, 2.75) is 23.7 Å². The standard InChI is InChI=1S/C30H25Cl2N3O4S2/c1-19-26(32)3-2-4-27(19)34-41(38,39)25-15-13-24(14-16-25)33-29(37)21-7-9-22(10-8-21)30-35(28(36)18-40-30)17-20-5-11-23(31)12-6-20/h2-16,30,34H,17-18H2,1H3,(H,33,37)/t30-/m0/s1. The third-order valence-corrected chi connectivity index (χ3v) is 9.93. The van der Waals surface area contributed by atoms with Gasteiger partial charge in [0, 0.05) is 27.8 Å². The molecule has 0 aliphatic carbocycles. The summed E-state index contributed by atoms with van der Waals surface area (Å²) in [5.74, 6) is 0.105. The number of amides is 2. The molecule has 0 spiro atoms. The third-order valence-electron chi connectivity index (χ3n) is 6.63. The molecule has 1 saturated heterocycles. The smallest absolute Gasteiger partial charge is 0.261 e. The Labute approximate surface area is 252 Å². The number of hydrogen-bond donors (Lipinski definition) is 2. The molecule has 0 radical (unpaired) electrons. The average molecular weight is 627 g/mol. The van der Waals surface area contributed by atoms with Gasteiger partial charge in [0.2, 0.25) is 5.91 Å². The van der Waals surface area contributed by atoms with E-state index in [1.165, 1.54) is 24.3 Å². The summed E-state index contributed by atoms with van der Waals surface area (Å²) in [5.41, 5.74) is 3.81. The second-order valence-electron chi connectivity index (χ2n) is 9.43. The van der Waals surface area contributed by atoms with Gasteiger partial charge in [0.15, 0.2) is 0 Å². The van der Waals surface area contributed by atoms with Crippen LogP contribution in [0.5, 0.6) is 0 Å². The zero-order valence-electron chi connectivity index (χ0n) is 21.8. The van der Waals surface area contributed by atoms with Crippen LogP contribution in [0, 0.1) is 6.92 Å². The van der Waals surface area contributed by atoms with E-state index in [1.54, 1.807) is 61.2 Å². The van der Waals surface area contributed by atoms with Gasteiger partial charge in [0.05, 0.1) is 16.3 Å². The Hall–Kier alpha value is -3.50. The van der Waals surface area contributed by atoms with Gasteiger partial charge in [-0.05, 0) is 84.3 Å². The predicted molar refractivity (Wildman–Crippen MR) is 165 cm³/mol. The molecule has 1 aliphatic heterocycles. The van der Waals surface area contributed by atoms with Gasteiger partial charge in [-0.15, -0.1) is 11.8 Å². The highest BCUT2D eigenvalue weighted by atomic mass is 35.5. The van der Waals surface area contributed by atoms with Crippen LogP contribution < -0.4 is 10.0 Å². The maximum absolute atomic E-state index is 12.9. The number of carbonyl (C=O) groups is 2. The molecule has 4 aromatic carbocycles. The SMILES string of the molecule is Cc1c(Cl)cccc1NS(=O)(=O)c1ccc(NC(=O)c2ccc([C@@H]3SCC(=O)N3Cc3ccc(Cl)cc3)cc2)cc1. The minimum Gasteiger partial charge on any atom is -0.322 e. The van der Waals surface area contributed by atoms with Gasteiger partial charge in [-0.1, -0.05) is 53.5 Å². The van der Waals surface area contributed by atoms with Gasteiger partial charge in [-0.2, -0.15) is 0 Å². The van der Waals surface area contributed by atoms with Crippen molar-refractivity contribution >= 4 is 68.2 Å². The van der Waals surface area contributed by atoms with Crippen LogP contribution >= 0.6 is 35.0 Å². The van der Waals surface area contributed by atoms with Crippen LogP contribution in [0.15, 0.2) is 95.9 Å². The Bertz CT molecular complexity index is 1700. The molecular formula is C30H25Cl2N3O4S2. The average Bonchev–Trinajstić information content (AvgIpc) is 3.32. The van der Waals surface area contributed by atoms with E-state index >= 15 is 0 Å². The highest BCUT2D eigenvalue weighted by Gasteiger charge is 2.32. The largest absolute Gasteiger partial charge is 0.322 e. The first kappa shape index (κ1) is 29.0. The van der Waals surface area contributed by atoms with Crippen molar-refractivity contribution in [1.82, 2.24) is 4.90 Å². The fourth-order valence-electron chi connectivity index (χ4n) is 4.33. The molecule has 0 saturated carbocycles. The van der Waals surface area contributed by atoms with E-state index in [2.05, 4.69) is 10.0 Å². The third kappa shape index (κ3) is 6.70. The lowest BCUT2D eigenvalue weighted by Gasteiger charge is -2.24. The fraction of sp³-hybridized carbons (Fsp3) is 0.133. The Morgan fingerprint density at radius 2 is 1.63 bits per heavy atom. The number of thioether (sulfide) groups is 1. The number of nitrogens with one attached hydrogen (secondary N) is 2. The van der Waals surface area contributed by atoms with Crippen molar-refractivity contribution in [1.29, 1.82) is 0 Å². The number of hydrogen-bond acceptors (Lipinski definition) is 5. The number of halogens is 2. The topological polar surface area (TPSA) is 95.6 Å². The molecule has 1 fully saturated rings. The van der Waals surface area contributed by atoms with E-state index in [4.69, 9.17) is 23.2 Å². The van der Waals surface area contributed by atoms with Gasteiger partial charge in [-0.3, -0.25) is 14.3 Å². The molecule has 2 N–H and O–H groups in total. The zero-order chi connectivity index (χ0) is 29.1. The molecule has 210 valence electrons. The predicted octanol–water partition coefficient (Wildman–Crippen LogP) is 7.13. The minimum atomic E-state index is -3.85. The van der Waals surface area contributed by atoms with Gasteiger partial charge in [0.25, 0.3) is 15.9 Å². The van der Waals surface area contributed by atoms with Crippen LogP contribution in [0.2, 0.25) is 10.0 Å². The molecule has 1 atom stereocenters. The van der Waals surface area contributed by atoms with Gasteiger partial charge in [0.1, 0.15) is 5.37 Å². The summed E-state index contributed by atoms with van der Waals surface area (Å²) in [6.45, 7) is 2.20. The van der Waals surface area contributed by atoms with Gasteiger partial charge < -0.3 is 10.2 Å². The van der Waals surface area contributed by atoms with Gasteiger partial charge in [-0.25, -0.2) is 8.42 Å². The summed E-state index contributed by atoms with van der Waals surface area (Å²) in [7, 11) is -3.85. The monoisotopic (exact) mass is 625 g/mol. The van der Waals surface area contributed by atoms with Crippen molar-refractivity contribution in [2.75, 3.05) is 15.8 Å². The number of nitrogens with zero attached hydrogens (tertiary/aromatic N) is 1. The van der Waals surface area contributed by atoms with E-state index in [-0.39, 0.29) is 22.1 Å². The van der Waals surface area contributed by atoms with Crippen molar-refractivity contribution in [3.05, 3.63) is 123 Å². The molecule has 41 heavy (non-hydrogen) atoms. The summed E-state index contributed by atoms with van der Waals surface area (Å²) in [4.78, 5) is 27.3. The van der Waals surface area contributed by atoms with E-state index in [0.29, 0.717) is 44.8 Å². The number of carbonyl (C=O) groups excluding carboxylic acids is 2. The fourth-order valence-corrected chi connectivity index (χ4v) is 6.94. The van der Waals surface area contributed by atoms with Crippen molar-refractivity contribution in [3.63, 3.8) is 0 Å². The van der Waals surface area contributed by atoms with Crippen LogP contribution in [0.4, 0.5) is 11.4 Å². The first-order valence-corrected chi connectivity index (χ1v) is 15.8. The highest BCUT2D eigenvalue weighted by Crippen LogP contribution is 2.39. The van der Waals surface area contributed by atoms with E-state index < -0.39 is 10.0 Å². The molecule has 11 heteroatoms. The Balaban J connectivity index is 1.23. The summed E-state index contributed by atoms with van der Waals surface area (Å²) in [5, 5.41) is 3.74. The molecule has 2 amide bonds. The number of sulfonamides is 1. The number of anilines is 2. The Kier molecular flexibility index (Phi) is 8.60. The molecule has 4 aromatic rings. The quantitative estimate of drug-likeness (QED) is 0.217. The van der Waals surface area contributed by atoms with Crippen LogP contribution in [0.25, 0.3) is 0 Å². The molecule has 7 nitrogen and oxygen atoms in total. The van der Waals surface area contributed by atoms with Crippen molar-refractivity contribution < 1.29 is 18.0 Å². The lowest BCUT2D eigenvalue weighted by atomic mass is 10.1. The summed E-state index contributed by atoms with van der Waals surface area (Å²) < 4.78 is 28.2. The maximum Gasteiger partial charge on any atom is 0.261 e. The Morgan fingerprint density at radius 3 is 2.32 bits per heavy atom. The zero-order valence-corrected chi connectivity index (χ0v) is 24.9. The van der Waals surface area contributed by atoms with Crippen molar-refractivity contribution in [2.24, 2.45) is 0 Å². The number of benzene rings is 4. The van der Waals surface area contributed by atoms with Crippen LogP contribution in [-0.4, -0.2) is 30.9 Å². The van der Waals surface area contributed by atoms with E-state index in [0.717, 1.165) is 11.1 Å². The summed E-state index contributed by atoms with van der Waals surface area (Å²) in [6, 6.07) is 25.4. The molecule has 0 unspecified atom stereocenters. The van der Waals surface area contributed by atoms with Crippen LogP contribution in [0.1, 0.15) is 32.4 Å². The normalized spacial score (nSPS) is 15.1. The molecule has 0 bridgehead atoms. The second kappa shape index (κ2) is 12.2. The lowest BCUT2D eigenvalue weighted by molar-refractivity contribution is -0.128. The lowest BCUT2D eigenvalue weighted by Crippen LogP contribution is -2.27. The highest BCUT2D eigenvalue weighted by molar-refractivity contribution is 8.00. The molecular weight excluding hydrogens is 601 g/mol. The van der Waals surface area contributed by atoms with Gasteiger partial charge >= 0.3 is 0 Å². The van der Waals surface area contributed by atoms with Crippen LogP contribution in [0.3, 0.4) is 0 Å². The first-order valence-electron chi connectivity index (χ1n) is 12.6. The summed E-state index contributed by atoms with van der Waals surface area (Å²) >= 11 is 13.6. The molecule has 1 heterocycles. The Morgan fingerprint density at radius 1 is 0.951 bits per heavy atom. The van der Waals surface area contributed by atoms with Crippen molar-refractivity contribution in [3.8, 4) is 0 Å². The van der Waals surface area contributed by atoms with Crippen LogP contribution in [-0.2, 0) is 21.4 Å². The second-order valence-corrected chi connectivity index (χ2v) is 13.0. The summed E-state index contributed by atoms with van der Waals surface area (Å²) in [6.07, 6.45) is 0. The van der Waals surface area contributed by atoms with E-state index in [1.807, 2.05) is 29.2 Å². The molecule has 0 aromatic heterocycles. The minimum absolute atomic E-state index is 0.0472. The first-order chi connectivity index (χ1) is 19.6.